The second-order valence-electron chi connectivity index (χ2n) is 6.94. The van der Waals surface area contributed by atoms with E-state index in [2.05, 4.69) is 65.6 Å². The molecule has 5 nitrogen and oxygen atoms in total. The maximum Gasteiger partial charge on any atom is 0.257 e. The Morgan fingerprint density at radius 3 is 2.21 bits per heavy atom. The lowest BCUT2D eigenvalue weighted by Crippen LogP contribution is -2.21. The Kier molecular flexibility index (Phi) is 6.85. The normalized spacial score (nSPS) is 10.4. The molecule has 29 heavy (non-hydrogen) atoms. The first kappa shape index (κ1) is 20.4. The van der Waals surface area contributed by atoms with Crippen LogP contribution in [-0.2, 0) is 6.54 Å². The Hall–Kier alpha value is -3.34. The quantitative estimate of drug-likeness (QED) is 0.564. The molecule has 0 spiro atoms. The number of nitrogens with one attached hydrogen (secondary N) is 2. The van der Waals surface area contributed by atoms with Gasteiger partial charge in [-0.25, -0.2) is 4.98 Å². The first-order valence-electron chi connectivity index (χ1n) is 10.0. The summed E-state index contributed by atoms with van der Waals surface area (Å²) >= 11 is 0. The molecule has 3 aromatic rings. The van der Waals surface area contributed by atoms with E-state index in [-0.39, 0.29) is 5.91 Å². The molecule has 0 atom stereocenters. The average Bonchev–Trinajstić information content (AvgIpc) is 2.76. The summed E-state index contributed by atoms with van der Waals surface area (Å²) in [6.07, 6.45) is 1.59. The van der Waals surface area contributed by atoms with Crippen LogP contribution in [0.3, 0.4) is 0 Å². The van der Waals surface area contributed by atoms with Gasteiger partial charge in [0.1, 0.15) is 5.82 Å². The van der Waals surface area contributed by atoms with Crippen molar-refractivity contribution in [3.8, 4) is 0 Å². The van der Waals surface area contributed by atoms with E-state index < -0.39 is 0 Å². The van der Waals surface area contributed by atoms with Crippen molar-refractivity contribution in [3.05, 3.63) is 83.6 Å². The SMILES string of the molecule is CCN(CC)c1ccc(NC(=O)c2ccc(NCc3ccc(C)cc3)nc2)cc1. The van der Waals surface area contributed by atoms with Crippen molar-refractivity contribution < 1.29 is 4.79 Å². The molecule has 3 rings (SSSR count). The van der Waals surface area contributed by atoms with E-state index in [0.29, 0.717) is 12.1 Å². The number of carbonyl (C=O) groups is 1. The van der Waals surface area contributed by atoms with Crippen molar-refractivity contribution in [3.63, 3.8) is 0 Å². The fourth-order valence-electron chi connectivity index (χ4n) is 3.08. The molecular formula is C24H28N4O. The molecule has 5 heteroatoms. The fourth-order valence-corrected chi connectivity index (χ4v) is 3.08. The second kappa shape index (κ2) is 9.73. The molecule has 1 heterocycles. The minimum Gasteiger partial charge on any atom is -0.372 e. The van der Waals surface area contributed by atoms with Crippen molar-refractivity contribution in [2.24, 2.45) is 0 Å². The number of aryl methyl sites for hydroxylation is 1. The maximum absolute atomic E-state index is 12.5. The van der Waals surface area contributed by atoms with Crippen LogP contribution in [0.1, 0.15) is 35.3 Å². The third-order valence-corrected chi connectivity index (χ3v) is 4.87. The highest BCUT2D eigenvalue weighted by molar-refractivity contribution is 6.04. The fraction of sp³-hybridized carbons (Fsp3) is 0.250. The molecule has 0 saturated carbocycles. The lowest BCUT2D eigenvalue weighted by Gasteiger charge is -2.21. The molecule has 0 bridgehead atoms. The van der Waals surface area contributed by atoms with Gasteiger partial charge in [0, 0.05) is 37.2 Å². The van der Waals surface area contributed by atoms with E-state index in [0.717, 1.165) is 30.3 Å². The third kappa shape index (κ3) is 5.57. The van der Waals surface area contributed by atoms with Crippen molar-refractivity contribution in [2.45, 2.75) is 27.3 Å². The summed E-state index contributed by atoms with van der Waals surface area (Å²) in [4.78, 5) is 19.1. The van der Waals surface area contributed by atoms with Crippen LogP contribution in [-0.4, -0.2) is 24.0 Å². The Bertz CT molecular complexity index is 915. The Balaban J connectivity index is 1.56. The maximum atomic E-state index is 12.5. The zero-order valence-electron chi connectivity index (χ0n) is 17.3. The predicted molar refractivity (Wildman–Crippen MR) is 121 cm³/mol. The van der Waals surface area contributed by atoms with Crippen LogP contribution in [0.5, 0.6) is 0 Å². The molecular weight excluding hydrogens is 360 g/mol. The summed E-state index contributed by atoms with van der Waals surface area (Å²) in [5.74, 6) is 0.573. The van der Waals surface area contributed by atoms with Gasteiger partial charge in [-0.2, -0.15) is 0 Å². The topological polar surface area (TPSA) is 57.3 Å². The Morgan fingerprint density at radius 2 is 1.62 bits per heavy atom. The Morgan fingerprint density at radius 1 is 0.931 bits per heavy atom. The number of rotatable bonds is 8. The lowest BCUT2D eigenvalue weighted by molar-refractivity contribution is 0.102. The van der Waals surface area contributed by atoms with Gasteiger partial charge in [0.15, 0.2) is 0 Å². The number of hydrogen-bond acceptors (Lipinski definition) is 4. The van der Waals surface area contributed by atoms with Crippen molar-refractivity contribution in [1.29, 1.82) is 0 Å². The molecule has 0 aliphatic heterocycles. The van der Waals surface area contributed by atoms with Gasteiger partial charge in [-0.05, 0) is 62.7 Å². The molecule has 150 valence electrons. The van der Waals surface area contributed by atoms with Gasteiger partial charge in [0.2, 0.25) is 0 Å². The molecule has 1 aromatic heterocycles. The number of aromatic nitrogens is 1. The van der Waals surface area contributed by atoms with Crippen LogP contribution in [0.25, 0.3) is 0 Å². The highest BCUT2D eigenvalue weighted by Crippen LogP contribution is 2.18. The smallest absolute Gasteiger partial charge is 0.257 e. The number of amides is 1. The summed E-state index contributed by atoms with van der Waals surface area (Å²) in [5, 5.41) is 6.20. The van der Waals surface area contributed by atoms with Crippen molar-refractivity contribution in [2.75, 3.05) is 28.6 Å². The highest BCUT2D eigenvalue weighted by atomic mass is 16.1. The molecule has 0 saturated heterocycles. The minimum absolute atomic E-state index is 0.168. The van der Waals surface area contributed by atoms with E-state index in [4.69, 9.17) is 0 Å². The summed E-state index contributed by atoms with van der Waals surface area (Å²) in [6.45, 7) is 8.94. The van der Waals surface area contributed by atoms with Crippen LogP contribution in [0.4, 0.5) is 17.2 Å². The van der Waals surface area contributed by atoms with Crippen LogP contribution in [0.15, 0.2) is 66.9 Å². The largest absolute Gasteiger partial charge is 0.372 e. The highest BCUT2D eigenvalue weighted by Gasteiger charge is 2.08. The average molecular weight is 389 g/mol. The summed E-state index contributed by atoms with van der Waals surface area (Å²) < 4.78 is 0. The van der Waals surface area contributed by atoms with E-state index in [1.54, 1.807) is 12.3 Å². The molecule has 1 amide bonds. The predicted octanol–water partition coefficient (Wildman–Crippen LogP) is 5.10. The molecule has 0 unspecified atom stereocenters. The van der Waals surface area contributed by atoms with Gasteiger partial charge < -0.3 is 15.5 Å². The third-order valence-electron chi connectivity index (χ3n) is 4.87. The molecule has 0 fully saturated rings. The van der Waals surface area contributed by atoms with E-state index in [1.807, 2.05) is 30.3 Å². The first-order chi connectivity index (χ1) is 14.1. The summed E-state index contributed by atoms with van der Waals surface area (Å²) in [7, 11) is 0. The van der Waals surface area contributed by atoms with E-state index >= 15 is 0 Å². The molecule has 0 aliphatic carbocycles. The summed E-state index contributed by atoms with van der Waals surface area (Å²) in [5.41, 5.74) is 4.88. The summed E-state index contributed by atoms with van der Waals surface area (Å²) in [6, 6.07) is 19.9. The zero-order chi connectivity index (χ0) is 20.6. The van der Waals surface area contributed by atoms with Gasteiger partial charge in [-0.3, -0.25) is 4.79 Å². The van der Waals surface area contributed by atoms with Gasteiger partial charge in [0.05, 0.1) is 5.56 Å². The number of nitrogens with zero attached hydrogens (tertiary/aromatic N) is 2. The van der Waals surface area contributed by atoms with Crippen LogP contribution >= 0.6 is 0 Å². The second-order valence-corrected chi connectivity index (χ2v) is 6.94. The van der Waals surface area contributed by atoms with Gasteiger partial charge in [0.25, 0.3) is 5.91 Å². The monoisotopic (exact) mass is 388 g/mol. The zero-order valence-corrected chi connectivity index (χ0v) is 17.3. The van der Waals surface area contributed by atoms with Gasteiger partial charge in [-0.1, -0.05) is 29.8 Å². The standard InChI is InChI=1S/C24H28N4O/c1-4-28(5-2)22-13-11-21(12-14-22)27-24(29)20-10-15-23(26-17-20)25-16-19-8-6-18(3)7-9-19/h6-15,17H,4-5,16H2,1-3H3,(H,25,26)(H,27,29). The molecule has 0 aliphatic rings. The van der Waals surface area contributed by atoms with E-state index in [9.17, 15) is 4.79 Å². The number of hydrogen-bond donors (Lipinski definition) is 2. The molecule has 2 N–H and O–H groups in total. The van der Waals surface area contributed by atoms with E-state index in [1.165, 1.54) is 11.1 Å². The first-order valence-corrected chi connectivity index (χ1v) is 10.0. The van der Waals surface area contributed by atoms with Crippen molar-refractivity contribution in [1.82, 2.24) is 4.98 Å². The van der Waals surface area contributed by atoms with Crippen LogP contribution in [0.2, 0.25) is 0 Å². The van der Waals surface area contributed by atoms with Gasteiger partial charge >= 0.3 is 0 Å². The number of carbonyl (C=O) groups excluding carboxylic acids is 1. The number of anilines is 3. The van der Waals surface area contributed by atoms with Crippen molar-refractivity contribution >= 4 is 23.1 Å². The van der Waals surface area contributed by atoms with Crippen LogP contribution < -0.4 is 15.5 Å². The molecule has 0 radical (unpaired) electrons. The number of benzene rings is 2. The van der Waals surface area contributed by atoms with Crippen LogP contribution in [0, 0.1) is 6.92 Å². The lowest BCUT2D eigenvalue weighted by atomic mass is 10.1. The Labute approximate surface area is 172 Å². The minimum atomic E-state index is -0.168. The molecule has 2 aromatic carbocycles. The number of pyridine rings is 1. The van der Waals surface area contributed by atoms with Gasteiger partial charge in [-0.15, -0.1) is 0 Å².